The number of carbonyl (C=O) groups is 3. The van der Waals surface area contributed by atoms with Gasteiger partial charge < -0.3 is 14.9 Å². The second-order valence-corrected chi connectivity index (χ2v) is 8.14. The number of rotatable bonds is 4. The van der Waals surface area contributed by atoms with Crippen molar-refractivity contribution in [3.8, 4) is 0 Å². The first-order valence-electron chi connectivity index (χ1n) is 9.66. The Morgan fingerprint density at radius 1 is 1.26 bits per heavy atom. The lowest BCUT2D eigenvalue weighted by molar-refractivity contribution is -0.151. The van der Waals surface area contributed by atoms with Crippen molar-refractivity contribution in [2.24, 2.45) is 11.3 Å². The molecule has 0 aromatic heterocycles. The standard InChI is InChI=1S/C21H28N2O4/c1-4-14(2)18(24)23-12-16-8-6-5-7-15(16)11-17(23)19(25)22-10-9-21(3,13-22)20(26)27/h5-8,14,17H,4,9-13H2,1-3H3,(H,26,27). The predicted molar refractivity (Wildman–Crippen MR) is 101 cm³/mol. The third-order valence-corrected chi connectivity index (χ3v) is 6.15. The summed E-state index contributed by atoms with van der Waals surface area (Å²) in [6, 6.07) is 7.35. The Balaban J connectivity index is 1.87. The highest BCUT2D eigenvalue weighted by molar-refractivity contribution is 5.90. The van der Waals surface area contributed by atoms with Crippen LogP contribution in [0.25, 0.3) is 0 Å². The normalized spacial score (nSPS) is 25.8. The number of hydrogen-bond donors (Lipinski definition) is 1. The molecule has 3 unspecified atom stereocenters. The Morgan fingerprint density at radius 3 is 2.52 bits per heavy atom. The van der Waals surface area contributed by atoms with Crippen molar-refractivity contribution in [3.05, 3.63) is 35.4 Å². The molecule has 0 radical (unpaired) electrons. The molecule has 6 heteroatoms. The van der Waals surface area contributed by atoms with Crippen molar-refractivity contribution in [2.45, 2.75) is 52.6 Å². The number of hydrogen-bond acceptors (Lipinski definition) is 3. The number of aliphatic carboxylic acids is 1. The monoisotopic (exact) mass is 372 g/mol. The summed E-state index contributed by atoms with van der Waals surface area (Å²) < 4.78 is 0. The van der Waals surface area contributed by atoms with E-state index in [4.69, 9.17) is 0 Å². The van der Waals surface area contributed by atoms with Crippen molar-refractivity contribution in [1.82, 2.24) is 9.80 Å². The Morgan fingerprint density at radius 2 is 1.93 bits per heavy atom. The molecular weight excluding hydrogens is 344 g/mol. The fourth-order valence-electron chi connectivity index (χ4n) is 3.97. The summed E-state index contributed by atoms with van der Waals surface area (Å²) in [6.45, 7) is 6.59. The molecule has 2 amide bonds. The first-order chi connectivity index (χ1) is 12.8. The molecule has 146 valence electrons. The van der Waals surface area contributed by atoms with Crippen LogP contribution in [0.5, 0.6) is 0 Å². The summed E-state index contributed by atoms with van der Waals surface area (Å²) in [7, 11) is 0. The van der Waals surface area contributed by atoms with Crippen LogP contribution in [0, 0.1) is 11.3 Å². The van der Waals surface area contributed by atoms with Gasteiger partial charge in [0.05, 0.1) is 5.41 Å². The van der Waals surface area contributed by atoms with Crippen molar-refractivity contribution in [3.63, 3.8) is 0 Å². The number of fused-ring (bicyclic) bond motifs is 1. The molecule has 3 atom stereocenters. The maximum atomic E-state index is 13.3. The van der Waals surface area contributed by atoms with E-state index in [1.165, 1.54) is 0 Å². The Kier molecular flexibility index (Phi) is 5.27. The molecule has 2 aliphatic heterocycles. The SMILES string of the molecule is CCC(C)C(=O)N1Cc2ccccc2CC1C(=O)N1CCC(C)(C(=O)O)C1. The fraction of sp³-hybridized carbons (Fsp3) is 0.571. The first kappa shape index (κ1) is 19.4. The lowest BCUT2D eigenvalue weighted by Gasteiger charge is -2.39. The molecule has 1 fully saturated rings. The molecule has 1 N–H and O–H groups in total. The van der Waals surface area contributed by atoms with E-state index in [0.717, 1.165) is 17.5 Å². The number of benzene rings is 1. The van der Waals surface area contributed by atoms with E-state index in [9.17, 15) is 19.5 Å². The molecule has 0 bridgehead atoms. The van der Waals surface area contributed by atoms with Gasteiger partial charge in [0.1, 0.15) is 6.04 Å². The van der Waals surface area contributed by atoms with Crippen LogP contribution in [0.1, 0.15) is 44.7 Å². The van der Waals surface area contributed by atoms with E-state index < -0.39 is 17.4 Å². The highest BCUT2D eigenvalue weighted by Crippen LogP contribution is 2.33. The largest absolute Gasteiger partial charge is 0.481 e. The lowest BCUT2D eigenvalue weighted by atomic mass is 9.90. The minimum Gasteiger partial charge on any atom is -0.481 e. The van der Waals surface area contributed by atoms with E-state index in [2.05, 4.69) is 0 Å². The summed E-state index contributed by atoms with van der Waals surface area (Å²) in [6.07, 6.45) is 1.65. The minimum atomic E-state index is -0.909. The molecule has 0 aliphatic carbocycles. The van der Waals surface area contributed by atoms with E-state index >= 15 is 0 Å². The average Bonchev–Trinajstić information content (AvgIpc) is 3.08. The molecule has 1 saturated heterocycles. The molecule has 6 nitrogen and oxygen atoms in total. The molecule has 1 aromatic rings. The van der Waals surface area contributed by atoms with Gasteiger partial charge in [-0.25, -0.2) is 0 Å². The van der Waals surface area contributed by atoms with Gasteiger partial charge in [0.15, 0.2) is 0 Å². The second kappa shape index (κ2) is 7.33. The van der Waals surface area contributed by atoms with Gasteiger partial charge in [0.2, 0.25) is 11.8 Å². The van der Waals surface area contributed by atoms with Crippen LogP contribution in [-0.2, 0) is 27.3 Å². The van der Waals surface area contributed by atoms with Crippen LogP contribution in [0.4, 0.5) is 0 Å². The van der Waals surface area contributed by atoms with Crippen LogP contribution in [0.3, 0.4) is 0 Å². The summed E-state index contributed by atoms with van der Waals surface area (Å²) in [5.41, 5.74) is 1.26. The smallest absolute Gasteiger partial charge is 0.311 e. The van der Waals surface area contributed by atoms with Crippen LogP contribution >= 0.6 is 0 Å². The highest BCUT2D eigenvalue weighted by Gasteiger charge is 2.45. The van der Waals surface area contributed by atoms with Gasteiger partial charge in [-0.05, 0) is 30.9 Å². The minimum absolute atomic E-state index is 0.00875. The van der Waals surface area contributed by atoms with Crippen LogP contribution < -0.4 is 0 Å². The van der Waals surface area contributed by atoms with Gasteiger partial charge in [-0.1, -0.05) is 38.1 Å². The number of likely N-dealkylation sites (tertiary alicyclic amines) is 1. The molecule has 3 rings (SSSR count). The van der Waals surface area contributed by atoms with Crippen molar-refractivity contribution >= 4 is 17.8 Å². The molecule has 0 spiro atoms. The zero-order valence-corrected chi connectivity index (χ0v) is 16.3. The maximum absolute atomic E-state index is 13.3. The van der Waals surface area contributed by atoms with Crippen LogP contribution in [0.15, 0.2) is 24.3 Å². The van der Waals surface area contributed by atoms with Crippen molar-refractivity contribution in [1.29, 1.82) is 0 Å². The first-order valence-corrected chi connectivity index (χ1v) is 9.66. The maximum Gasteiger partial charge on any atom is 0.311 e. The number of carboxylic acids is 1. The fourth-order valence-corrected chi connectivity index (χ4v) is 3.97. The molecule has 1 aromatic carbocycles. The number of carbonyl (C=O) groups excluding carboxylic acids is 2. The molecule has 27 heavy (non-hydrogen) atoms. The average molecular weight is 372 g/mol. The van der Waals surface area contributed by atoms with Gasteiger partial charge in [0.25, 0.3) is 0 Å². The van der Waals surface area contributed by atoms with Crippen LogP contribution in [-0.4, -0.2) is 51.8 Å². The second-order valence-electron chi connectivity index (χ2n) is 8.14. The summed E-state index contributed by atoms with van der Waals surface area (Å²) in [5.74, 6) is -1.16. The zero-order chi connectivity index (χ0) is 19.8. The number of nitrogens with zero attached hydrogens (tertiary/aromatic N) is 2. The summed E-state index contributed by atoms with van der Waals surface area (Å²) >= 11 is 0. The summed E-state index contributed by atoms with van der Waals surface area (Å²) in [5, 5.41) is 9.45. The summed E-state index contributed by atoms with van der Waals surface area (Å²) in [4.78, 5) is 41.1. The number of carboxylic acid groups (broad SMARTS) is 1. The Hall–Kier alpha value is -2.37. The van der Waals surface area contributed by atoms with E-state index in [0.29, 0.717) is 25.9 Å². The molecule has 2 heterocycles. The van der Waals surface area contributed by atoms with E-state index in [-0.39, 0.29) is 24.3 Å². The molecular formula is C21H28N2O4. The van der Waals surface area contributed by atoms with E-state index in [1.54, 1.807) is 16.7 Å². The quantitative estimate of drug-likeness (QED) is 0.880. The number of amides is 2. The van der Waals surface area contributed by atoms with Gasteiger partial charge in [0, 0.05) is 32.0 Å². The van der Waals surface area contributed by atoms with Gasteiger partial charge >= 0.3 is 5.97 Å². The Bertz CT molecular complexity index is 762. The van der Waals surface area contributed by atoms with Crippen molar-refractivity contribution < 1.29 is 19.5 Å². The third-order valence-electron chi connectivity index (χ3n) is 6.15. The Labute approximate surface area is 160 Å². The van der Waals surface area contributed by atoms with Crippen molar-refractivity contribution in [2.75, 3.05) is 13.1 Å². The van der Waals surface area contributed by atoms with E-state index in [1.807, 2.05) is 38.1 Å². The third kappa shape index (κ3) is 3.57. The molecule has 0 saturated carbocycles. The topological polar surface area (TPSA) is 77.9 Å². The van der Waals surface area contributed by atoms with Gasteiger partial charge in [-0.15, -0.1) is 0 Å². The van der Waals surface area contributed by atoms with Crippen LogP contribution in [0.2, 0.25) is 0 Å². The zero-order valence-electron chi connectivity index (χ0n) is 16.3. The lowest BCUT2D eigenvalue weighted by Crippen LogP contribution is -2.54. The highest BCUT2D eigenvalue weighted by atomic mass is 16.4. The van der Waals surface area contributed by atoms with Gasteiger partial charge in [-0.3, -0.25) is 14.4 Å². The molecule has 2 aliphatic rings. The predicted octanol–water partition coefficient (Wildman–Crippen LogP) is 2.31. The van der Waals surface area contributed by atoms with Gasteiger partial charge in [-0.2, -0.15) is 0 Å².